The van der Waals surface area contributed by atoms with Gasteiger partial charge in [0, 0.05) is 11.6 Å². The summed E-state index contributed by atoms with van der Waals surface area (Å²) >= 11 is 0. The number of amides is 1. The van der Waals surface area contributed by atoms with Crippen LogP contribution in [-0.2, 0) is 9.59 Å². The molecule has 3 aromatic carbocycles. The molecule has 0 radical (unpaired) electrons. The SMILES string of the molecule is CC(=O)/C=C/c1ccc(/C=C(/C(=O)NC2CC2)c2ccc(-c3ccccc3)cc2)cc1. The summed E-state index contributed by atoms with van der Waals surface area (Å²) in [7, 11) is 0. The summed E-state index contributed by atoms with van der Waals surface area (Å²) in [6.07, 6.45) is 7.35. The number of hydrogen-bond donors (Lipinski definition) is 1. The highest BCUT2D eigenvalue weighted by atomic mass is 16.1. The van der Waals surface area contributed by atoms with Crippen molar-refractivity contribution in [3.63, 3.8) is 0 Å². The number of rotatable bonds is 7. The molecular formula is C28H25NO2. The van der Waals surface area contributed by atoms with E-state index in [1.54, 1.807) is 12.2 Å². The van der Waals surface area contributed by atoms with Crippen molar-refractivity contribution in [3.05, 3.63) is 102 Å². The first-order valence-corrected chi connectivity index (χ1v) is 10.6. The second-order valence-corrected chi connectivity index (χ2v) is 7.86. The molecule has 1 fully saturated rings. The number of nitrogens with one attached hydrogen (secondary N) is 1. The van der Waals surface area contributed by atoms with Gasteiger partial charge in [0.25, 0.3) is 5.91 Å². The summed E-state index contributed by atoms with van der Waals surface area (Å²) in [5, 5.41) is 3.11. The fourth-order valence-electron chi connectivity index (χ4n) is 3.33. The molecule has 1 N–H and O–H groups in total. The standard InChI is InChI=1S/C28H25NO2/c1-20(30)7-8-21-9-11-22(12-10-21)19-27(28(31)29-26-17-18-26)25-15-13-24(14-16-25)23-5-3-2-4-6-23/h2-16,19,26H,17-18H2,1H3,(H,29,31)/b8-7+,27-19+. The van der Waals surface area contributed by atoms with Gasteiger partial charge >= 0.3 is 0 Å². The summed E-state index contributed by atoms with van der Waals surface area (Å²) in [6.45, 7) is 1.53. The van der Waals surface area contributed by atoms with Crippen molar-refractivity contribution in [3.8, 4) is 11.1 Å². The summed E-state index contributed by atoms with van der Waals surface area (Å²) in [4.78, 5) is 24.1. The molecule has 0 aromatic heterocycles. The van der Waals surface area contributed by atoms with Gasteiger partial charge in [-0.1, -0.05) is 84.9 Å². The van der Waals surface area contributed by atoms with Crippen molar-refractivity contribution in [2.75, 3.05) is 0 Å². The van der Waals surface area contributed by atoms with Crippen molar-refractivity contribution in [1.82, 2.24) is 5.32 Å². The van der Waals surface area contributed by atoms with Crippen molar-refractivity contribution in [2.24, 2.45) is 0 Å². The summed E-state index contributed by atoms with van der Waals surface area (Å²) in [5.74, 6) is -0.0301. The van der Waals surface area contributed by atoms with Crippen molar-refractivity contribution >= 4 is 29.4 Å². The first-order valence-electron chi connectivity index (χ1n) is 10.6. The molecule has 3 aromatic rings. The van der Waals surface area contributed by atoms with Gasteiger partial charge in [0.1, 0.15) is 0 Å². The number of hydrogen-bond acceptors (Lipinski definition) is 2. The molecule has 1 aliphatic rings. The third-order valence-corrected chi connectivity index (χ3v) is 5.22. The van der Waals surface area contributed by atoms with Crippen molar-refractivity contribution in [1.29, 1.82) is 0 Å². The Morgan fingerprint density at radius 3 is 2.03 bits per heavy atom. The highest BCUT2D eigenvalue weighted by Crippen LogP contribution is 2.26. The van der Waals surface area contributed by atoms with Gasteiger partial charge in [0.15, 0.2) is 5.78 Å². The van der Waals surface area contributed by atoms with Crippen LogP contribution in [0.15, 0.2) is 84.9 Å². The number of benzene rings is 3. The quantitative estimate of drug-likeness (QED) is 0.399. The predicted molar refractivity (Wildman–Crippen MR) is 127 cm³/mol. The first-order chi connectivity index (χ1) is 15.1. The molecule has 4 rings (SSSR count). The molecular weight excluding hydrogens is 382 g/mol. The fourth-order valence-corrected chi connectivity index (χ4v) is 3.33. The molecule has 0 spiro atoms. The van der Waals surface area contributed by atoms with Crippen molar-refractivity contribution in [2.45, 2.75) is 25.8 Å². The van der Waals surface area contributed by atoms with Crippen LogP contribution in [-0.4, -0.2) is 17.7 Å². The molecule has 1 saturated carbocycles. The van der Waals surface area contributed by atoms with E-state index in [1.165, 1.54) is 6.92 Å². The largest absolute Gasteiger partial charge is 0.349 e. The lowest BCUT2D eigenvalue weighted by Gasteiger charge is -2.10. The highest BCUT2D eigenvalue weighted by Gasteiger charge is 2.25. The predicted octanol–water partition coefficient (Wildman–Crippen LogP) is 5.78. The summed E-state index contributed by atoms with van der Waals surface area (Å²) in [6, 6.07) is 26.4. The van der Waals surface area contributed by atoms with Crippen LogP contribution in [0.3, 0.4) is 0 Å². The second-order valence-electron chi connectivity index (χ2n) is 7.86. The number of allylic oxidation sites excluding steroid dienone is 1. The average molecular weight is 408 g/mol. The van der Waals surface area contributed by atoms with Gasteiger partial charge in [-0.25, -0.2) is 0 Å². The molecule has 3 heteroatoms. The van der Waals surface area contributed by atoms with Crippen LogP contribution in [0.4, 0.5) is 0 Å². The van der Waals surface area contributed by atoms with E-state index in [0.29, 0.717) is 11.6 Å². The molecule has 3 nitrogen and oxygen atoms in total. The number of carbonyl (C=O) groups excluding carboxylic acids is 2. The monoisotopic (exact) mass is 407 g/mol. The Labute approximate surface area is 183 Å². The maximum absolute atomic E-state index is 13.0. The maximum Gasteiger partial charge on any atom is 0.252 e. The van der Waals surface area contributed by atoms with Gasteiger partial charge in [-0.3, -0.25) is 9.59 Å². The zero-order valence-electron chi connectivity index (χ0n) is 17.5. The van der Waals surface area contributed by atoms with Crippen LogP contribution in [0.5, 0.6) is 0 Å². The van der Waals surface area contributed by atoms with E-state index in [1.807, 2.05) is 60.7 Å². The zero-order valence-corrected chi connectivity index (χ0v) is 17.5. The minimum Gasteiger partial charge on any atom is -0.349 e. The van der Waals surface area contributed by atoms with E-state index >= 15 is 0 Å². The second kappa shape index (κ2) is 9.40. The van der Waals surface area contributed by atoms with Gasteiger partial charge in [0.2, 0.25) is 0 Å². The number of carbonyl (C=O) groups is 2. The van der Waals surface area contributed by atoms with Gasteiger partial charge in [-0.05, 0) is 59.7 Å². The molecule has 31 heavy (non-hydrogen) atoms. The molecule has 1 aliphatic carbocycles. The first kappa shape index (κ1) is 20.5. The van der Waals surface area contributed by atoms with E-state index in [0.717, 1.165) is 40.7 Å². The molecule has 0 saturated heterocycles. The summed E-state index contributed by atoms with van der Waals surface area (Å²) < 4.78 is 0. The topological polar surface area (TPSA) is 46.2 Å². The maximum atomic E-state index is 13.0. The van der Waals surface area contributed by atoms with Gasteiger partial charge in [-0.15, -0.1) is 0 Å². The molecule has 1 amide bonds. The number of ketones is 1. The lowest BCUT2D eigenvalue weighted by Crippen LogP contribution is -2.26. The normalized spacial score (nSPS) is 13.9. The Morgan fingerprint density at radius 1 is 0.806 bits per heavy atom. The molecule has 0 atom stereocenters. The van der Waals surface area contributed by atoms with Crippen LogP contribution in [0.25, 0.3) is 28.9 Å². The molecule has 0 heterocycles. The van der Waals surface area contributed by atoms with Crippen LogP contribution < -0.4 is 5.32 Å². The smallest absolute Gasteiger partial charge is 0.252 e. The minimum atomic E-state index is -0.0458. The third-order valence-electron chi connectivity index (χ3n) is 5.22. The van der Waals surface area contributed by atoms with Crippen molar-refractivity contribution < 1.29 is 9.59 Å². The van der Waals surface area contributed by atoms with Crippen LogP contribution in [0.2, 0.25) is 0 Å². The van der Waals surface area contributed by atoms with E-state index < -0.39 is 0 Å². The molecule has 0 unspecified atom stereocenters. The molecule has 154 valence electrons. The van der Waals surface area contributed by atoms with Gasteiger partial charge < -0.3 is 5.32 Å². The van der Waals surface area contributed by atoms with Crippen LogP contribution >= 0.6 is 0 Å². The fraction of sp³-hybridized carbons (Fsp3) is 0.143. The lowest BCUT2D eigenvalue weighted by atomic mass is 9.98. The highest BCUT2D eigenvalue weighted by molar-refractivity contribution is 6.24. The van der Waals surface area contributed by atoms with Gasteiger partial charge in [-0.2, -0.15) is 0 Å². The van der Waals surface area contributed by atoms with E-state index in [2.05, 4.69) is 29.6 Å². The molecule has 0 bridgehead atoms. The Bertz CT molecular complexity index is 1120. The Kier molecular flexibility index (Phi) is 6.23. The minimum absolute atomic E-state index is 0.0157. The Morgan fingerprint density at radius 2 is 1.42 bits per heavy atom. The Hall–Kier alpha value is -3.72. The van der Waals surface area contributed by atoms with E-state index in [9.17, 15) is 9.59 Å². The Balaban J connectivity index is 1.62. The lowest BCUT2D eigenvalue weighted by molar-refractivity contribution is -0.115. The molecule has 0 aliphatic heterocycles. The third kappa shape index (κ3) is 5.67. The van der Waals surface area contributed by atoms with E-state index in [4.69, 9.17) is 0 Å². The van der Waals surface area contributed by atoms with E-state index in [-0.39, 0.29) is 11.7 Å². The average Bonchev–Trinajstić information content (AvgIpc) is 3.61. The van der Waals surface area contributed by atoms with Crippen LogP contribution in [0.1, 0.15) is 36.5 Å². The van der Waals surface area contributed by atoms with Gasteiger partial charge in [0.05, 0.1) is 0 Å². The zero-order chi connectivity index (χ0) is 21.6. The summed E-state index contributed by atoms with van der Waals surface area (Å²) in [5.41, 5.74) is 5.69. The van der Waals surface area contributed by atoms with Crippen LogP contribution in [0, 0.1) is 0 Å².